The lowest BCUT2D eigenvalue weighted by Gasteiger charge is -2.25. The summed E-state index contributed by atoms with van der Waals surface area (Å²) in [6, 6.07) is 0. The topological polar surface area (TPSA) is 108 Å². The number of nitrogens with zero attached hydrogens (tertiary/aromatic N) is 1. The summed E-state index contributed by atoms with van der Waals surface area (Å²) in [5, 5.41) is 9.75. The van der Waals surface area contributed by atoms with Crippen LogP contribution in [0.5, 0.6) is 0 Å². The van der Waals surface area contributed by atoms with E-state index in [1.807, 2.05) is 21.1 Å². The SMILES string of the molecule is CC/C=C\C/C=C\C/C=C\C/C=C\C/C=C\C/C=C\C/C=C\C/C=C\CCCCCCCCC(=O)OC(COC(=O)CCCCCCCCCCCCCCCCCCC/C=C\C/C=C\CCCCCCC)COC(OCC[N+](C)(C)C)C(=O)O. The van der Waals surface area contributed by atoms with E-state index < -0.39 is 24.3 Å². The number of rotatable bonds is 63. The highest BCUT2D eigenvalue weighted by molar-refractivity contribution is 5.71. The molecule has 0 aromatic heterocycles. The summed E-state index contributed by atoms with van der Waals surface area (Å²) in [6.07, 6.45) is 90.2. The normalized spacial score (nSPS) is 13.5. The molecule has 486 valence electrons. The van der Waals surface area contributed by atoms with Gasteiger partial charge in [-0.05, 0) is 109 Å². The van der Waals surface area contributed by atoms with Gasteiger partial charge in [0.05, 0.1) is 34.4 Å². The molecule has 0 saturated carbocycles. The van der Waals surface area contributed by atoms with Crippen LogP contribution < -0.4 is 0 Å². The number of carbonyl (C=O) groups excluding carboxylic acids is 2. The Kier molecular flexibility index (Phi) is 62.3. The highest BCUT2D eigenvalue weighted by Gasteiger charge is 2.25. The Balaban J connectivity index is 4.19. The highest BCUT2D eigenvalue weighted by Crippen LogP contribution is 2.17. The standard InChI is InChI=1S/C76H129NO8/c1-6-8-10-12-14-16-18-20-22-24-26-28-30-32-34-36-37-39-41-43-45-47-49-51-53-55-57-59-61-63-65-67-74(79)85-72(71-84-76(75(80)81)82-69-68-77(3,4)5)70-83-73(78)66-64-62-60-58-56-54-52-50-48-46-44-42-40-38-35-33-31-29-27-25-23-21-19-17-15-13-11-9-7-2/h8,10,14,16,19-22,25-28,32,34,37,39,43,45,49,51,72,76H,6-7,9,11-13,15,17-18,23-24,29-31,33,35-36,38,40-42,44,46-48,50,52-71H2,1-5H3/p+1/b10-8-,16-14-,21-19-,22-20-,27-25-,28-26-,34-32-,39-37-,45-43-,51-49-. The van der Waals surface area contributed by atoms with Crippen LogP contribution in [0.4, 0.5) is 0 Å². The third-order valence-corrected chi connectivity index (χ3v) is 14.7. The quantitative estimate of drug-likeness (QED) is 0.0211. The Bertz CT molecular complexity index is 1810. The molecule has 85 heavy (non-hydrogen) atoms. The Hall–Kier alpha value is -4.31. The number of allylic oxidation sites excluding steroid dienone is 20. The molecule has 0 heterocycles. The summed E-state index contributed by atoms with van der Waals surface area (Å²) in [6.45, 7) is 4.75. The maximum absolute atomic E-state index is 12.9. The van der Waals surface area contributed by atoms with E-state index in [0.717, 1.165) is 116 Å². The minimum absolute atomic E-state index is 0.179. The van der Waals surface area contributed by atoms with E-state index in [1.54, 1.807) is 0 Å². The summed E-state index contributed by atoms with van der Waals surface area (Å²) in [4.78, 5) is 37.6. The minimum Gasteiger partial charge on any atom is -0.477 e. The van der Waals surface area contributed by atoms with E-state index >= 15 is 0 Å². The third-order valence-electron chi connectivity index (χ3n) is 14.7. The first-order valence-electron chi connectivity index (χ1n) is 34.7. The number of likely N-dealkylation sites (N-methyl/N-ethyl adjacent to an activating group) is 1. The summed E-state index contributed by atoms with van der Waals surface area (Å²) in [5.74, 6) is -2.03. The smallest absolute Gasteiger partial charge is 0.361 e. The summed E-state index contributed by atoms with van der Waals surface area (Å²) >= 11 is 0. The van der Waals surface area contributed by atoms with Gasteiger partial charge in [0.25, 0.3) is 6.29 Å². The fourth-order valence-corrected chi connectivity index (χ4v) is 9.41. The second kappa shape index (κ2) is 65.7. The number of carboxylic acids is 1. The Morgan fingerprint density at radius 2 is 0.671 bits per heavy atom. The first kappa shape index (κ1) is 80.7. The van der Waals surface area contributed by atoms with Gasteiger partial charge in [-0.25, -0.2) is 4.79 Å². The van der Waals surface area contributed by atoms with E-state index in [9.17, 15) is 19.5 Å². The lowest BCUT2D eigenvalue weighted by atomic mass is 10.0. The minimum atomic E-state index is -1.52. The van der Waals surface area contributed by atoms with Crippen LogP contribution in [-0.2, 0) is 33.3 Å². The molecule has 0 aliphatic heterocycles. The van der Waals surface area contributed by atoms with Gasteiger partial charge in [0.2, 0.25) is 0 Å². The van der Waals surface area contributed by atoms with Gasteiger partial charge in [-0.2, -0.15) is 0 Å². The number of aliphatic carboxylic acids is 1. The number of esters is 2. The molecule has 0 saturated heterocycles. The molecule has 0 spiro atoms. The zero-order valence-electron chi connectivity index (χ0n) is 55.5. The van der Waals surface area contributed by atoms with Gasteiger partial charge in [-0.15, -0.1) is 0 Å². The molecule has 2 atom stereocenters. The number of hydrogen-bond acceptors (Lipinski definition) is 7. The van der Waals surface area contributed by atoms with Crippen molar-refractivity contribution in [3.8, 4) is 0 Å². The van der Waals surface area contributed by atoms with Crippen LogP contribution in [-0.4, -0.2) is 87.4 Å². The average Bonchev–Trinajstić information content (AvgIpc) is 3.49. The number of ether oxygens (including phenoxy) is 4. The second-order valence-electron chi connectivity index (χ2n) is 24.1. The van der Waals surface area contributed by atoms with Crippen LogP contribution in [0.1, 0.15) is 284 Å². The molecule has 2 unspecified atom stereocenters. The van der Waals surface area contributed by atoms with Crippen LogP contribution in [0.3, 0.4) is 0 Å². The van der Waals surface area contributed by atoms with Gasteiger partial charge >= 0.3 is 17.9 Å². The molecule has 1 N–H and O–H groups in total. The van der Waals surface area contributed by atoms with E-state index in [-0.39, 0.29) is 32.2 Å². The van der Waals surface area contributed by atoms with Crippen molar-refractivity contribution in [2.45, 2.75) is 296 Å². The number of carboxylic acid groups (broad SMARTS) is 1. The summed E-state index contributed by atoms with van der Waals surface area (Å²) in [5.41, 5.74) is 0. The van der Waals surface area contributed by atoms with E-state index in [0.29, 0.717) is 23.9 Å². The summed E-state index contributed by atoms with van der Waals surface area (Å²) < 4.78 is 23.0. The van der Waals surface area contributed by atoms with Gasteiger partial charge in [0.1, 0.15) is 13.2 Å². The predicted molar refractivity (Wildman–Crippen MR) is 364 cm³/mol. The van der Waals surface area contributed by atoms with E-state index in [4.69, 9.17) is 18.9 Å². The monoisotopic (exact) mass is 1180 g/mol. The first-order chi connectivity index (χ1) is 41.6. The van der Waals surface area contributed by atoms with Gasteiger partial charge < -0.3 is 28.5 Å². The van der Waals surface area contributed by atoms with Crippen molar-refractivity contribution < 1.29 is 42.9 Å². The van der Waals surface area contributed by atoms with Crippen LogP contribution >= 0.6 is 0 Å². The average molecular weight is 1190 g/mol. The zero-order chi connectivity index (χ0) is 61.9. The first-order valence-corrected chi connectivity index (χ1v) is 34.7. The Morgan fingerprint density at radius 1 is 0.365 bits per heavy atom. The molecule has 9 heteroatoms. The highest BCUT2D eigenvalue weighted by atomic mass is 16.7. The number of hydrogen-bond donors (Lipinski definition) is 1. The molecular weight excluding hydrogens is 1050 g/mol. The lowest BCUT2D eigenvalue weighted by molar-refractivity contribution is -0.870. The van der Waals surface area contributed by atoms with Gasteiger partial charge in [-0.1, -0.05) is 283 Å². The second-order valence-corrected chi connectivity index (χ2v) is 24.1. The van der Waals surface area contributed by atoms with E-state index in [2.05, 4.69) is 135 Å². The van der Waals surface area contributed by atoms with Crippen LogP contribution in [0, 0.1) is 0 Å². The predicted octanol–water partition coefficient (Wildman–Crippen LogP) is 21.6. The number of carbonyl (C=O) groups is 3. The fraction of sp³-hybridized carbons (Fsp3) is 0.697. The molecule has 0 rings (SSSR count). The molecule has 0 radical (unpaired) electrons. The summed E-state index contributed by atoms with van der Waals surface area (Å²) in [7, 11) is 5.97. The van der Waals surface area contributed by atoms with Crippen LogP contribution in [0.25, 0.3) is 0 Å². The third kappa shape index (κ3) is 67.1. The van der Waals surface area contributed by atoms with Crippen molar-refractivity contribution in [2.75, 3.05) is 47.5 Å². The molecule has 0 aliphatic carbocycles. The van der Waals surface area contributed by atoms with Crippen LogP contribution in [0.15, 0.2) is 122 Å². The number of unbranched alkanes of at least 4 members (excludes halogenated alkanes) is 28. The maximum atomic E-state index is 12.9. The zero-order valence-corrected chi connectivity index (χ0v) is 55.5. The van der Waals surface area contributed by atoms with Gasteiger partial charge in [0.15, 0.2) is 6.10 Å². The molecule has 0 aromatic carbocycles. The maximum Gasteiger partial charge on any atom is 0.361 e. The van der Waals surface area contributed by atoms with Gasteiger partial charge in [-0.3, -0.25) is 9.59 Å². The Labute approximate surface area is 523 Å². The molecule has 0 fully saturated rings. The molecule has 0 amide bonds. The van der Waals surface area contributed by atoms with Crippen molar-refractivity contribution in [2.24, 2.45) is 0 Å². The molecule has 0 bridgehead atoms. The molecule has 0 aromatic rings. The molecular formula is C76H130NO8+. The van der Waals surface area contributed by atoms with Crippen molar-refractivity contribution in [1.82, 2.24) is 0 Å². The van der Waals surface area contributed by atoms with E-state index in [1.165, 1.54) is 135 Å². The van der Waals surface area contributed by atoms with Crippen LogP contribution in [0.2, 0.25) is 0 Å². The van der Waals surface area contributed by atoms with Crippen molar-refractivity contribution >= 4 is 17.9 Å². The van der Waals surface area contributed by atoms with Crippen molar-refractivity contribution in [3.05, 3.63) is 122 Å². The van der Waals surface area contributed by atoms with Crippen molar-refractivity contribution in [1.29, 1.82) is 0 Å². The van der Waals surface area contributed by atoms with Crippen molar-refractivity contribution in [3.63, 3.8) is 0 Å². The largest absolute Gasteiger partial charge is 0.477 e. The van der Waals surface area contributed by atoms with Gasteiger partial charge in [0, 0.05) is 12.8 Å². The lowest BCUT2D eigenvalue weighted by Crippen LogP contribution is -2.40. The fourth-order valence-electron chi connectivity index (χ4n) is 9.41. The molecule has 9 nitrogen and oxygen atoms in total. The number of quaternary nitrogens is 1. The Morgan fingerprint density at radius 3 is 1.00 bits per heavy atom. The molecule has 0 aliphatic rings.